The molecule has 6 rings (SSSR count). The summed E-state index contributed by atoms with van der Waals surface area (Å²) in [6, 6.07) is 19.7. The van der Waals surface area contributed by atoms with Crippen LogP contribution in [0.25, 0.3) is 32.7 Å². The summed E-state index contributed by atoms with van der Waals surface area (Å²) in [5, 5.41) is 29.3. The molecule has 6 aromatic rings. The highest BCUT2D eigenvalue weighted by Gasteiger charge is 2.12. The third-order valence-electron chi connectivity index (χ3n) is 6.38. The lowest BCUT2D eigenvalue weighted by Gasteiger charge is -2.06. The van der Waals surface area contributed by atoms with E-state index in [4.69, 9.17) is 19.7 Å². The number of aromatic carboxylic acids is 2. The van der Waals surface area contributed by atoms with E-state index < -0.39 is 11.9 Å². The van der Waals surface area contributed by atoms with Gasteiger partial charge in [-0.25, -0.2) is 14.4 Å². The molecular weight excluding hydrogens is 582 g/mol. The third kappa shape index (κ3) is 7.38. The van der Waals surface area contributed by atoms with E-state index in [-0.39, 0.29) is 22.8 Å². The number of rotatable bonds is 5. The Morgan fingerprint density at radius 2 is 0.978 bits per heavy atom. The number of carboxylic acids is 2. The number of hydrogen-bond donors (Lipinski definition) is 3. The molecule has 0 amide bonds. The number of phenolic OH excluding ortho intramolecular Hbond substituents is 1. The van der Waals surface area contributed by atoms with Crippen LogP contribution in [0.15, 0.2) is 91.4 Å². The van der Waals surface area contributed by atoms with Gasteiger partial charge in [0.15, 0.2) is 0 Å². The van der Waals surface area contributed by atoms with Crippen LogP contribution in [-0.2, 0) is 4.74 Å². The summed E-state index contributed by atoms with van der Waals surface area (Å²) in [5.74, 6) is -1.49. The molecule has 0 bridgehead atoms. The van der Waals surface area contributed by atoms with Crippen LogP contribution in [0.3, 0.4) is 0 Å². The molecule has 0 spiro atoms. The van der Waals surface area contributed by atoms with E-state index in [1.54, 1.807) is 68.2 Å². The van der Waals surface area contributed by atoms with E-state index in [1.807, 2.05) is 12.1 Å². The summed E-state index contributed by atoms with van der Waals surface area (Å²) in [5.41, 5.74) is 2.54. The number of pyridine rings is 3. The summed E-state index contributed by atoms with van der Waals surface area (Å²) >= 11 is 0. The second kappa shape index (κ2) is 14.2. The first-order chi connectivity index (χ1) is 21.7. The number of ether oxygens (including phenoxy) is 3. The molecule has 0 aliphatic heterocycles. The highest BCUT2D eigenvalue weighted by Crippen LogP contribution is 2.27. The maximum atomic E-state index is 11.4. The molecule has 3 heterocycles. The zero-order valence-electron chi connectivity index (χ0n) is 24.3. The fraction of sp³-hybridized carbons (Fsp3) is 0.0909. The van der Waals surface area contributed by atoms with Crippen molar-refractivity contribution in [3.05, 3.63) is 108 Å². The Hall–Kier alpha value is -6.30. The van der Waals surface area contributed by atoms with Crippen LogP contribution in [0.4, 0.5) is 0 Å². The van der Waals surface area contributed by atoms with E-state index in [0.717, 1.165) is 16.3 Å². The van der Waals surface area contributed by atoms with Crippen molar-refractivity contribution in [1.29, 1.82) is 0 Å². The van der Waals surface area contributed by atoms with Crippen LogP contribution in [0, 0.1) is 0 Å². The molecule has 0 saturated carbocycles. The van der Waals surface area contributed by atoms with E-state index in [0.29, 0.717) is 33.5 Å². The summed E-state index contributed by atoms with van der Waals surface area (Å²) < 4.78 is 15.0. The molecule has 0 aliphatic rings. The molecule has 228 valence electrons. The van der Waals surface area contributed by atoms with Gasteiger partial charge in [-0.05, 0) is 54.6 Å². The topological polar surface area (TPSA) is 178 Å². The Kier molecular flexibility index (Phi) is 10.0. The van der Waals surface area contributed by atoms with Crippen LogP contribution in [0.1, 0.15) is 31.1 Å². The SMILES string of the molecule is COC(=O)c1cc(OC)c2ncccc2c1.COc1cc(C(=O)O)cc2cccnc12.O=C(O)c1cc(O)c2ncccc2c1. The number of hydrogen-bond acceptors (Lipinski definition) is 10. The maximum absolute atomic E-state index is 11.4. The number of carbonyl (C=O) groups excluding carboxylic acids is 1. The van der Waals surface area contributed by atoms with Crippen molar-refractivity contribution < 1.29 is 43.9 Å². The number of methoxy groups -OCH3 is 3. The first kappa shape index (κ1) is 31.6. The van der Waals surface area contributed by atoms with Crippen LogP contribution >= 0.6 is 0 Å². The van der Waals surface area contributed by atoms with Gasteiger partial charge >= 0.3 is 17.9 Å². The standard InChI is InChI=1S/C12H11NO3.C11H9NO3.C10H7NO3/c1-15-10-7-9(12(14)16-2)6-8-4-3-5-13-11(8)10;1-15-9-6-8(11(13)14)5-7-3-2-4-12-10(7)9;12-8-5-7(10(13)14)4-6-2-1-3-11-9(6)8/h3-7H,1-2H3;2-6H,1H3,(H,13,14);1-5,12H,(H,13,14). The number of carboxylic acid groups (broad SMARTS) is 2. The summed E-state index contributed by atoms with van der Waals surface area (Å²) in [6.07, 6.45) is 4.87. The molecule has 12 heteroatoms. The van der Waals surface area contributed by atoms with E-state index in [2.05, 4.69) is 19.7 Å². The summed E-state index contributed by atoms with van der Waals surface area (Å²) in [7, 11) is 4.39. The third-order valence-corrected chi connectivity index (χ3v) is 6.38. The number of nitrogens with zero attached hydrogens (tertiary/aromatic N) is 3. The number of aromatic nitrogens is 3. The first-order valence-corrected chi connectivity index (χ1v) is 13.1. The Morgan fingerprint density at radius 1 is 0.578 bits per heavy atom. The zero-order valence-corrected chi connectivity index (χ0v) is 24.3. The molecule has 3 N–H and O–H groups in total. The number of aromatic hydroxyl groups is 1. The van der Waals surface area contributed by atoms with Gasteiger partial charge in [0, 0.05) is 34.7 Å². The number of carbonyl (C=O) groups is 3. The van der Waals surface area contributed by atoms with Crippen LogP contribution in [0.2, 0.25) is 0 Å². The monoisotopic (exact) mass is 609 g/mol. The van der Waals surface area contributed by atoms with Gasteiger partial charge < -0.3 is 29.5 Å². The van der Waals surface area contributed by atoms with Crippen molar-refractivity contribution in [1.82, 2.24) is 15.0 Å². The van der Waals surface area contributed by atoms with E-state index in [1.165, 1.54) is 32.4 Å². The second-order valence-electron chi connectivity index (χ2n) is 9.18. The number of phenols is 1. The normalized spacial score (nSPS) is 10.2. The Morgan fingerprint density at radius 3 is 1.42 bits per heavy atom. The van der Waals surface area contributed by atoms with Gasteiger partial charge in [0.2, 0.25) is 0 Å². The van der Waals surface area contributed by atoms with Crippen molar-refractivity contribution in [3.8, 4) is 17.2 Å². The smallest absolute Gasteiger partial charge is 0.338 e. The highest BCUT2D eigenvalue weighted by molar-refractivity contribution is 5.98. The second-order valence-corrected chi connectivity index (χ2v) is 9.18. The first-order valence-electron chi connectivity index (χ1n) is 13.1. The average Bonchev–Trinajstić information content (AvgIpc) is 3.07. The maximum Gasteiger partial charge on any atom is 0.338 e. The lowest BCUT2D eigenvalue weighted by atomic mass is 10.1. The molecular formula is C33H27N3O9. The quantitative estimate of drug-likeness (QED) is 0.206. The number of fused-ring (bicyclic) bond motifs is 3. The lowest BCUT2D eigenvalue weighted by Crippen LogP contribution is -2.02. The predicted octanol–water partition coefficient (Wildman–Crippen LogP) is 5.61. The molecule has 0 atom stereocenters. The molecule has 0 unspecified atom stereocenters. The minimum absolute atomic E-state index is 0.0583. The number of benzene rings is 3. The molecule has 3 aromatic heterocycles. The van der Waals surface area contributed by atoms with Crippen LogP contribution < -0.4 is 9.47 Å². The van der Waals surface area contributed by atoms with Gasteiger partial charge in [0.25, 0.3) is 0 Å². The number of esters is 1. The van der Waals surface area contributed by atoms with Gasteiger partial charge in [-0.2, -0.15) is 0 Å². The molecule has 12 nitrogen and oxygen atoms in total. The molecule has 0 aliphatic carbocycles. The Balaban J connectivity index is 0.000000154. The fourth-order valence-corrected chi connectivity index (χ4v) is 4.28. The van der Waals surface area contributed by atoms with Gasteiger partial charge in [0.1, 0.15) is 33.8 Å². The molecule has 45 heavy (non-hydrogen) atoms. The molecule has 0 saturated heterocycles. The lowest BCUT2D eigenvalue weighted by molar-refractivity contribution is 0.0599. The summed E-state index contributed by atoms with van der Waals surface area (Å²) in [6.45, 7) is 0. The minimum atomic E-state index is -1.06. The van der Waals surface area contributed by atoms with Crippen molar-refractivity contribution in [2.24, 2.45) is 0 Å². The van der Waals surface area contributed by atoms with E-state index in [9.17, 15) is 19.5 Å². The average molecular weight is 610 g/mol. The van der Waals surface area contributed by atoms with Crippen molar-refractivity contribution in [2.75, 3.05) is 21.3 Å². The Labute approximate surface area is 256 Å². The fourth-order valence-electron chi connectivity index (χ4n) is 4.28. The van der Waals surface area contributed by atoms with Gasteiger partial charge in [-0.1, -0.05) is 18.2 Å². The van der Waals surface area contributed by atoms with Gasteiger partial charge in [-0.3, -0.25) is 15.0 Å². The Bertz CT molecular complexity index is 2030. The molecule has 0 fully saturated rings. The van der Waals surface area contributed by atoms with Crippen LogP contribution in [0.5, 0.6) is 17.2 Å². The van der Waals surface area contributed by atoms with Crippen LogP contribution in [-0.4, -0.2) is 69.5 Å². The zero-order chi connectivity index (χ0) is 32.5. The summed E-state index contributed by atoms with van der Waals surface area (Å²) in [4.78, 5) is 45.2. The minimum Gasteiger partial charge on any atom is -0.506 e. The largest absolute Gasteiger partial charge is 0.506 e. The van der Waals surface area contributed by atoms with Crippen molar-refractivity contribution in [3.63, 3.8) is 0 Å². The highest BCUT2D eigenvalue weighted by atomic mass is 16.5. The van der Waals surface area contributed by atoms with Crippen molar-refractivity contribution >= 4 is 50.6 Å². The predicted molar refractivity (Wildman–Crippen MR) is 165 cm³/mol. The molecule has 3 aromatic carbocycles. The van der Waals surface area contributed by atoms with Gasteiger partial charge in [0.05, 0.1) is 38.0 Å². The van der Waals surface area contributed by atoms with E-state index >= 15 is 0 Å². The molecule has 0 radical (unpaired) electrons. The van der Waals surface area contributed by atoms with Crippen molar-refractivity contribution in [2.45, 2.75) is 0 Å². The van der Waals surface area contributed by atoms with Gasteiger partial charge in [-0.15, -0.1) is 0 Å².